The zero-order valence-corrected chi connectivity index (χ0v) is 12.5. The third-order valence-electron chi connectivity index (χ3n) is 3.86. The minimum Gasteiger partial charge on any atom is -0.461 e. The van der Waals surface area contributed by atoms with Gasteiger partial charge in [-0.25, -0.2) is 0 Å². The van der Waals surface area contributed by atoms with Crippen molar-refractivity contribution >= 4 is 12.4 Å². The van der Waals surface area contributed by atoms with E-state index in [4.69, 9.17) is 19.2 Å². The van der Waals surface area contributed by atoms with E-state index in [0.29, 0.717) is 28.9 Å². The lowest BCUT2D eigenvalue weighted by atomic mass is 9.99. The molecule has 0 aliphatic heterocycles. The molecule has 1 aliphatic carbocycles. The van der Waals surface area contributed by atoms with Gasteiger partial charge < -0.3 is 19.2 Å². The van der Waals surface area contributed by atoms with E-state index < -0.39 is 5.54 Å². The topological polar surface area (TPSA) is 104 Å². The fourth-order valence-corrected chi connectivity index (χ4v) is 2.67. The smallest absolute Gasteiger partial charge is 0.280 e. The van der Waals surface area contributed by atoms with E-state index in [1.807, 2.05) is 0 Å². The van der Waals surface area contributed by atoms with Gasteiger partial charge in [0.25, 0.3) is 5.89 Å². The first-order valence-electron chi connectivity index (χ1n) is 6.89. The van der Waals surface area contributed by atoms with Crippen LogP contribution < -0.4 is 5.73 Å². The lowest BCUT2D eigenvalue weighted by Crippen LogP contribution is -2.34. The molecule has 0 atom stereocenters. The molecule has 0 saturated heterocycles. The molecule has 0 radical (unpaired) electrons. The molecule has 0 bridgehead atoms. The van der Waals surface area contributed by atoms with Gasteiger partial charge in [0, 0.05) is 6.07 Å². The first-order chi connectivity index (χ1) is 10.2. The Labute approximate surface area is 132 Å². The van der Waals surface area contributed by atoms with Crippen LogP contribution in [-0.2, 0) is 5.54 Å². The highest BCUT2D eigenvalue weighted by molar-refractivity contribution is 5.85. The van der Waals surface area contributed by atoms with Gasteiger partial charge in [0.1, 0.15) is 0 Å². The van der Waals surface area contributed by atoms with E-state index in [-0.39, 0.29) is 12.4 Å². The quantitative estimate of drug-likeness (QED) is 0.789. The monoisotopic (exact) mass is 322 g/mol. The van der Waals surface area contributed by atoms with E-state index in [9.17, 15) is 0 Å². The molecule has 22 heavy (non-hydrogen) atoms. The normalized spacial score (nSPS) is 16.6. The maximum Gasteiger partial charge on any atom is 0.280 e. The van der Waals surface area contributed by atoms with E-state index in [1.54, 1.807) is 24.5 Å². The van der Waals surface area contributed by atoms with Crippen molar-refractivity contribution in [2.75, 3.05) is 0 Å². The number of rotatable bonds is 3. The van der Waals surface area contributed by atoms with Gasteiger partial charge in [-0.05, 0) is 25.0 Å². The van der Waals surface area contributed by atoms with Crippen LogP contribution in [0.2, 0.25) is 0 Å². The number of halogens is 1. The molecule has 1 fully saturated rings. The van der Waals surface area contributed by atoms with Crippen LogP contribution in [-0.4, -0.2) is 15.3 Å². The molecule has 1 saturated carbocycles. The molecule has 4 rings (SSSR count). The zero-order chi connectivity index (χ0) is 14.3. The van der Waals surface area contributed by atoms with Gasteiger partial charge >= 0.3 is 0 Å². The Morgan fingerprint density at radius 3 is 2.64 bits per heavy atom. The van der Waals surface area contributed by atoms with Gasteiger partial charge in [0.15, 0.2) is 17.3 Å². The minimum absolute atomic E-state index is 0. The molecule has 0 amide bonds. The highest BCUT2D eigenvalue weighted by Gasteiger charge is 2.36. The molecule has 8 heteroatoms. The maximum atomic E-state index is 6.31. The zero-order valence-electron chi connectivity index (χ0n) is 11.7. The van der Waals surface area contributed by atoms with Crippen LogP contribution >= 0.6 is 12.4 Å². The standard InChI is InChI=1S/C14H14N4O3.ClH/c15-14(5-1-2-6-14)13-16-12(21-18-13)9-8-11(20-17-9)10-4-3-7-19-10;/h3-4,7-8H,1-2,5-6,15H2;1H. The molecule has 2 N–H and O–H groups in total. The molecule has 3 aromatic rings. The number of nitrogens with zero attached hydrogens (tertiary/aromatic N) is 3. The summed E-state index contributed by atoms with van der Waals surface area (Å²) >= 11 is 0. The average molecular weight is 323 g/mol. The molecule has 0 unspecified atom stereocenters. The summed E-state index contributed by atoms with van der Waals surface area (Å²) < 4.78 is 15.7. The fraction of sp³-hybridized carbons (Fsp3) is 0.357. The number of hydrogen-bond acceptors (Lipinski definition) is 7. The summed E-state index contributed by atoms with van der Waals surface area (Å²) in [5, 5.41) is 7.94. The average Bonchev–Trinajstić information content (AvgIpc) is 3.25. The van der Waals surface area contributed by atoms with Crippen molar-refractivity contribution in [1.82, 2.24) is 15.3 Å². The molecule has 3 aromatic heterocycles. The summed E-state index contributed by atoms with van der Waals surface area (Å²) in [7, 11) is 0. The third kappa shape index (κ3) is 2.42. The highest BCUT2D eigenvalue weighted by atomic mass is 35.5. The largest absolute Gasteiger partial charge is 0.461 e. The van der Waals surface area contributed by atoms with E-state index in [2.05, 4.69) is 15.3 Å². The fourth-order valence-electron chi connectivity index (χ4n) is 2.67. The van der Waals surface area contributed by atoms with Gasteiger partial charge in [-0.2, -0.15) is 4.98 Å². The van der Waals surface area contributed by atoms with Crippen LogP contribution in [0.3, 0.4) is 0 Å². The third-order valence-corrected chi connectivity index (χ3v) is 3.86. The lowest BCUT2D eigenvalue weighted by Gasteiger charge is -2.17. The Bertz CT molecular complexity index is 744. The summed E-state index contributed by atoms with van der Waals surface area (Å²) in [6.07, 6.45) is 5.51. The van der Waals surface area contributed by atoms with Gasteiger partial charge in [-0.1, -0.05) is 23.2 Å². The van der Waals surface area contributed by atoms with Gasteiger partial charge in [0.2, 0.25) is 5.76 Å². The second-order valence-electron chi connectivity index (χ2n) is 5.34. The molecular weight excluding hydrogens is 308 g/mol. The Hall–Kier alpha value is -2.12. The van der Waals surface area contributed by atoms with Gasteiger partial charge in [0.05, 0.1) is 11.8 Å². The van der Waals surface area contributed by atoms with Crippen LogP contribution in [0.4, 0.5) is 0 Å². The molecule has 0 aromatic carbocycles. The first kappa shape index (κ1) is 14.8. The van der Waals surface area contributed by atoms with Crippen LogP contribution in [0.25, 0.3) is 23.1 Å². The molecule has 116 valence electrons. The molecule has 7 nitrogen and oxygen atoms in total. The van der Waals surface area contributed by atoms with Crippen molar-refractivity contribution in [3.8, 4) is 23.1 Å². The number of nitrogens with two attached hydrogens (primary N) is 1. The summed E-state index contributed by atoms with van der Waals surface area (Å²) in [6, 6.07) is 5.27. The van der Waals surface area contributed by atoms with Gasteiger partial charge in [-0.3, -0.25) is 0 Å². The summed E-state index contributed by atoms with van der Waals surface area (Å²) in [4.78, 5) is 4.37. The van der Waals surface area contributed by atoms with Crippen molar-refractivity contribution in [3.63, 3.8) is 0 Å². The van der Waals surface area contributed by atoms with Crippen LogP contribution in [0.15, 0.2) is 37.9 Å². The summed E-state index contributed by atoms with van der Waals surface area (Å²) in [5.74, 6) is 1.96. The van der Waals surface area contributed by atoms with Crippen molar-refractivity contribution < 1.29 is 13.5 Å². The van der Waals surface area contributed by atoms with E-state index in [1.165, 1.54) is 0 Å². The highest BCUT2D eigenvalue weighted by Crippen LogP contribution is 2.35. The van der Waals surface area contributed by atoms with Crippen molar-refractivity contribution in [1.29, 1.82) is 0 Å². The van der Waals surface area contributed by atoms with Crippen LogP contribution in [0.1, 0.15) is 31.5 Å². The molecule has 3 heterocycles. The van der Waals surface area contributed by atoms with E-state index >= 15 is 0 Å². The van der Waals surface area contributed by atoms with Crippen LogP contribution in [0.5, 0.6) is 0 Å². The van der Waals surface area contributed by atoms with Crippen molar-refractivity contribution in [2.24, 2.45) is 5.73 Å². The maximum absolute atomic E-state index is 6.31. The summed E-state index contributed by atoms with van der Waals surface area (Å²) in [6.45, 7) is 0. The molecular formula is C14H15ClN4O3. The Kier molecular flexibility index (Phi) is 3.76. The SMILES string of the molecule is Cl.NC1(c2noc(-c3cc(-c4ccco4)on3)n2)CCCC1. The predicted octanol–water partition coefficient (Wildman–Crippen LogP) is 3.13. The second-order valence-corrected chi connectivity index (χ2v) is 5.34. The minimum atomic E-state index is -0.477. The molecule has 1 aliphatic rings. The Morgan fingerprint density at radius 2 is 1.91 bits per heavy atom. The van der Waals surface area contributed by atoms with Gasteiger partial charge in [-0.15, -0.1) is 12.4 Å². The van der Waals surface area contributed by atoms with Crippen molar-refractivity contribution in [2.45, 2.75) is 31.2 Å². The summed E-state index contributed by atoms with van der Waals surface area (Å²) in [5.41, 5.74) is 6.31. The predicted molar refractivity (Wildman–Crippen MR) is 79.1 cm³/mol. The number of furan rings is 1. The molecule has 0 spiro atoms. The number of aromatic nitrogens is 3. The van der Waals surface area contributed by atoms with Crippen LogP contribution in [0, 0.1) is 0 Å². The Morgan fingerprint density at radius 1 is 1.09 bits per heavy atom. The van der Waals surface area contributed by atoms with E-state index in [0.717, 1.165) is 25.7 Å². The number of hydrogen-bond donors (Lipinski definition) is 1. The Balaban J connectivity index is 0.00000144. The first-order valence-corrected chi connectivity index (χ1v) is 6.89. The van der Waals surface area contributed by atoms with Crippen molar-refractivity contribution in [3.05, 3.63) is 30.3 Å². The second kappa shape index (κ2) is 5.58. The lowest BCUT2D eigenvalue weighted by molar-refractivity contribution is 0.369.